The molecule has 0 radical (unpaired) electrons. The number of nitriles is 1. The number of nitrogens with one attached hydrogen (secondary N) is 1. The van der Waals surface area contributed by atoms with E-state index in [-0.39, 0.29) is 29.3 Å². The van der Waals surface area contributed by atoms with Crippen LogP contribution >= 0.6 is 0 Å². The zero-order valence-corrected chi connectivity index (χ0v) is 17.7. The van der Waals surface area contributed by atoms with Gasteiger partial charge < -0.3 is 14.9 Å². The van der Waals surface area contributed by atoms with Gasteiger partial charge in [-0.3, -0.25) is 0 Å². The minimum atomic E-state index is -4.05. The molecule has 9 heteroatoms. The van der Waals surface area contributed by atoms with Crippen molar-refractivity contribution in [2.45, 2.75) is 44.1 Å². The fourth-order valence-corrected chi connectivity index (χ4v) is 3.84. The summed E-state index contributed by atoms with van der Waals surface area (Å²) >= 11 is 0. The Bertz CT molecular complexity index is 1070. The number of carboxylic acid groups (broad SMARTS) is 1. The van der Waals surface area contributed by atoms with Crippen LogP contribution in [0, 0.1) is 11.3 Å². The third-order valence-electron chi connectivity index (χ3n) is 4.47. The second-order valence-corrected chi connectivity index (χ2v) is 8.80. The number of nitrogens with zero attached hydrogens (tertiary/aromatic N) is 1. The van der Waals surface area contributed by atoms with Crippen LogP contribution in [0.25, 0.3) is 0 Å². The molecule has 2 aromatic carbocycles. The zero-order chi connectivity index (χ0) is 22.5. The maximum atomic E-state index is 12.5. The number of benzene rings is 2. The van der Waals surface area contributed by atoms with E-state index in [2.05, 4.69) is 4.72 Å². The van der Waals surface area contributed by atoms with Gasteiger partial charge in [-0.05, 0) is 54.7 Å². The number of phenolic OH excluding ortho intramolecular Hbond substituents is 1. The first kappa shape index (κ1) is 23.2. The summed E-state index contributed by atoms with van der Waals surface area (Å²) in [5, 5.41) is 27.9. The van der Waals surface area contributed by atoms with Crippen LogP contribution in [-0.2, 0) is 21.2 Å². The first-order valence-corrected chi connectivity index (χ1v) is 10.8. The lowest BCUT2D eigenvalue weighted by atomic mass is 10.00. The van der Waals surface area contributed by atoms with Gasteiger partial charge in [0, 0.05) is 6.54 Å². The molecule has 0 saturated heterocycles. The van der Waals surface area contributed by atoms with E-state index in [9.17, 15) is 18.3 Å². The zero-order valence-electron chi connectivity index (χ0n) is 16.9. The lowest BCUT2D eigenvalue weighted by molar-refractivity contribution is -0.144. The number of hydrogen-bond acceptors (Lipinski definition) is 6. The molecule has 2 rings (SSSR count). The Morgan fingerprint density at radius 2 is 1.90 bits per heavy atom. The molecule has 0 aromatic heterocycles. The van der Waals surface area contributed by atoms with E-state index in [4.69, 9.17) is 15.1 Å². The van der Waals surface area contributed by atoms with Crippen LogP contribution in [0.4, 0.5) is 0 Å². The molecule has 1 unspecified atom stereocenters. The standard InChI is InChI=1S/C21H24N2O6S/c1-13(2)17-6-5-16(19(11-17)29-14(3)21(25)26)8-9-23-30(27,28)20-10-15(12-22)4-7-18(20)24/h4-7,10-11,13-14,23-24H,8-9H2,1-3H3,(H,25,26). The van der Waals surface area contributed by atoms with Crippen molar-refractivity contribution < 1.29 is 28.2 Å². The summed E-state index contributed by atoms with van der Waals surface area (Å²) in [6.07, 6.45) is -0.827. The van der Waals surface area contributed by atoms with Crippen LogP contribution in [0.1, 0.15) is 43.4 Å². The molecular weight excluding hydrogens is 408 g/mol. The molecule has 0 amide bonds. The highest BCUT2D eigenvalue weighted by atomic mass is 32.2. The molecule has 160 valence electrons. The molecule has 0 spiro atoms. The summed E-state index contributed by atoms with van der Waals surface area (Å²) < 4.78 is 33.0. The lowest BCUT2D eigenvalue weighted by Gasteiger charge is -2.17. The topological polar surface area (TPSA) is 137 Å². The summed E-state index contributed by atoms with van der Waals surface area (Å²) in [6, 6.07) is 10.8. The number of carboxylic acids is 1. The maximum Gasteiger partial charge on any atom is 0.344 e. The molecule has 0 bridgehead atoms. The Kier molecular flexibility index (Phi) is 7.43. The largest absolute Gasteiger partial charge is 0.507 e. The van der Waals surface area contributed by atoms with Crippen molar-refractivity contribution >= 4 is 16.0 Å². The number of phenols is 1. The molecule has 3 N–H and O–H groups in total. The highest BCUT2D eigenvalue weighted by Gasteiger charge is 2.20. The quantitative estimate of drug-likeness (QED) is 0.554. The number of carbonyl (C=O) groups is 1. The van der Waals surface area contributed by atoms with Crippen LogP contribution in [0.2, 0.25) is 0 Å². The normalized spacial score (nSPS) is 12.4. The van der Waals surface area contributed by atoms with E-state index in [1.165, 1.54) is 13.0 Å². The van der Waals surface area contributed by atoms with Gasteiger partial charge in [0.25, 0.3) is 0 Å². The Balaban J connectivity index is 2.20. The third kappa shape index (κ3) is 5.72. The molecule has 0 aliphatic carbocycles. The van der Waals surface area contributed by atoms with Gasteiger partial charge in [0.05, 0.1) is 11.6 Å². The van der Waals surface area contributed by atoms with Gasteiger partial charge in [-0.1, -0.05) is 26.0 Å². The molecular formula is C21H24N2O6S. The summed E-state index contributed by atoms with van der Waals surface area (Å²) in [5.74, 6) is -0.980. The van der Waals surface area contributed by atoms with Gasteiger partial charge in [-0.15, -0.1) is 0 Å². The van der Waals surface area contributed by atoms with Crippen LogP contribution in [0.15, 0.2) is 41.3 Å². The molecule has 0 aliphatic heterocycles. The van der Waals surface area contributed by atoms with Gasteiger partial charge in [0.15, 0.2) is 6.10 Å². The van der Waals surface area contributed by atoms with E-state index in [1.54, 1.807) is 12.1 Å². The number of rotatable bonds is 9. The number of aliphatic carboxylic acids is 1. The maximum absolute atomic E-state index is 12.5. The van der Waals surface area contributed by atoms with Crippen molar-refractivity contribution in [3.05, 3.63) is 53.1 Å². The Labute approximate surface area is 175 Å². The monoisotopic (exact) mass is 432 g/mol. The first-order chi connectivity index (χ1) is 14.0. The lowest BCUT2D eigenvalue weighted by Crippen LogP contribution is -2.27. The highest BCUT2D eigenvalue weighted by Crippen LogP contribution is 2.27. The highest BCUT2D eigenvalue weighted by molar-refractivity contribution is 7.89. The van der Waals surface area contributed by atoms with Crippen molar-refractivity contribution in [2.75, 3.05) is 6.54 Å². The fraction of sp³-hybridized carbons (Fsp3) is 0.333. The third-order valence-corrected chi connectivity index (χ3v) is 5.96. The molecule has 0 heterocycles. The van der Waals surface area contributed by atoms with Gasteiger partial charge in [0.1, 0.15) is 16.4 Å². The van der Waals surface area contributed by atoms with E-state index in [1.807, 2.05) is 26.0 Å². The number of sulfonamides is 1. The molecule has 30 heavy (non-hydrogen) atoms. The van der Waals surface area contributed by atoms with Gasteiger partial charge in [0.2, 0.25) is 10.0 Å². The minimum absolute atomic E-state index is 0.0165. The van der Waals surface area contributed by atoms with Gasteiger partial charge in [-0.25, -0.2) is 17.9 Å². The predicted octanol–water partition coefficient (Wildman–Crippen LogP) is 2.76. The summed E-state index contributed by atoms with van der Waals surface area (Å²) in [4.78, 5) is 10.8. The smallest absolute Gasteiger partial charge is 0.344 e. The Hall–Kier alpha value is -3.09. The summed E-state index contributed by atoms with van der Waals surface area (Å²) in [7, 11) is -4.05. The molecule has 0 saturated carbocycles. The van der Waals surface area contributed by atoms with E-state index >= 15 is 0 Å². The van der Waals surface area contributed by atoms with Gasteiger partial charge >= 0.3 is 5.97 Å². The average Bonchev–Trinajstić information content (AvgIpc) is 2.68. The molecule has 0 fully saturated rings. The second-order valence-electron chi connectivity index (χ2n) is 7.06. The second kappa shape index (κ2) is 9.61. The van der Waals surface area contributed by atoms with E-state index in [0.29, 0.717) is 11.3 Å². The van der Waals surface area contributed by atoms with Crippen LogP contribution in [0.5, 0.6) is 11.5 Å². The molecule has 2 aromatic rings. The molecule has 8 nitrogen and oxygen atoms in total. The van der Waals surface area contributed by atoms with Crippen molar-refractivity contribution in [3.63, 3.8) is 0 Å². The fourth-order valence-electron chi connectivity index (χ4n) is 2.68. The SMILES string of the molecule is CC(Oc1cc(C(C)C)ccc1CCNS(=O)(=O)c1cc(C#N)ccc1O)C(=O)O. The Morgan fingerprint density at radius 3 is 2.50 bits per heavy atom. The van der Waals surface area contributed by atoms with E-state index in [0.717, 1.165) is 17.7 Å². The minimum Gasteiger partial charge on any atom is -0.507 e. The van der Waals surface area contributed by atoms with Crippen LogP contribution < -0.4 is 9.46 Å². The van der Waals surface area contributed by atoms with Crippen molar-refractivity contribution in [3.8, 4) is 17.6 Å². The molecule has 1 atom stereocenters. The number of aromatic hydroxyl groups is 1. The van der Waals surface area contributed by atoms with Crippen molar-refractivity contribution in [1.29, 1.82) is 5.26 Å². The van der Waals surface area contributed by atoms with Crippen molar-refractivity contribution in [2.24, 2.45) is 0 Å². The van der Waals surface area contributed by atoms with E-state index < -0.39 is 27.8 Å². The number of ether oxygens (including phenoxy) is 1. The van der Waals surface area contributed by atoms with Gasteiger partial charge in [-0.2, -0.15) is 5.26 Å². The predicted molar refractivity (Wildman–Crippen MR) is 110 cm³/mol. The Morgan fingerprint density at radius 1 is 1.20 bits per heavy atom. The summed E-state index contributed by atoms with van der Waals surface area (Å²) in [5.41, 5.74) is 1.71. The van der Waals surface area contributed by atoms with Crippen LogP contribution in [-0.4, -0.2) is 37.2 Å². The first-order valence-electron chi connectivity index (χ1n) is 9.30. The molecule has 0 aliphatic rings. The average molecular weight is 432 g/mol. The number of hydrogen-bond donors (Lipinski definition) is 3. The van der Waals surface area contributed by atoms with Crippen LogP contribution in [0.3, 0.4) is 0 Å². The van der Waals surface area contributed by atoms with Crippen molar-refractivity contribution in [1.82, 2.24) is 4.72 Å². The summed E-state index contributed by atoms with van der Waals surface area (Å²) in [6.45, 7) is 5.39.